The Morgan fingerprint density at radius 2 is 1.45 bits per heavy atom. The van der Waals surface area contributed by atoms with Gasteiger partial charge in [0.2, 0.25) is 0 Å². The molecule has 0 fully saturated rings. The van der Waals surface area contributed by atoms with Crippen LogP contribution in [0, 0.1) is 0 Å². The van der Waals surface area contributed by atoms with Gasteiger partial charge in [-0.05, 0) is 0 Å². The van der Waals surface area contributed by atoms with E-state index in [4.69, 9.17) is 0 Å². The van der Waals surface area contributed by atoms with E-state index in [-0.39, 0.29) is 48.8 Å². The zero-order valence-corrected chi connectivity index (χ0v) is 15.5. The Kier molecular flexibility index (Phi) is 4.90. The van der Waals surface area contributed by atoms with Crippen molar-refractivity contribution in [3.8, 4) is 20.3 Å². The normalized spacial score (nSPS) is 11.3. The van der Waals surface area contributed by atoms with E-state index >= 15 is 0 Å². The molecule has 0 atom stereocenters. The van der Waals surface area contributed by atoms with Crippen LogP contribution < -0.4 is 0 Å². The molecule has 0 radical (unpaired) electrons. The molecule has 0 saturated carbocycles. The molecule has 0 aromatic carbocycles. The minimum absolute atomic E-state index is 0.00557. The molecule has 3 aromatic heterocycles. The molecule has 3 heterocycles. The van der Waals surface area contributed by atoms with Crippen LogP contribution >= 0.6 is 0 Å². The van der Waals surface area contributed by atoms with Gasteiger partial charge in [-0.2, -0.15) is 0 Å². The second-order valence-corrected chi connectivity index (χ2v) is 9.87. The average Bonchev–Trinajstić information content (AvgIpc) is 3.24. The Morgan fingerprint density at radius 1 is 0.864 bits per heavy atom. The van der Waals surface area contributed by atoms with Gasteiger partial charge in [0.15, 0.2) is 0 Å². The summed E-state index contributed by atoms with van der Waals surface area (Å²) in [6, 6.07) is 10.1. The van der Waals surface area contributed by atoms with Gasteiger partial charge >= 0.3 is 141 Å². The maximum absolute atomic E-state index is 9.71. The zero-order chi connectivity index (χ0) is 15.7. The molecular weight excluding hydrogens is 412 g/mol. The second-order valence-electron chi connectivity index (χ2n) is 4.97. The van der Waals surface area contributed by atoms with Crippen molar-refractivity contribution in [3.05, 3.63) is 44.8 Å². The van der Waals surface area contributed by atoms with Crippen molar-refractivity contribution in [2.75, 3.05) is 0 Å². The van der Waals surface area contributed by atoms with Crippen molar-refractivity contribution in [2.45, 2.75) is 19.8 Å². The van der Waals surface area contributed by atoms with Crippen LogP contribution in [0.4, 0.5) is 0 Å². The summed E-state index contributed by atoms with van der Waals surface area (Å²) in [5.74, 6) is 0. The van der Waals surface area contributed by atoms with Crippen LogP contribution in [-0.2, 0) is 26.9 Å². The predicted molar refractivity (Wildman–Crippen MR) is 87.9 cm³/mol. The first-order valence-electron chi connectivity index (χ1n) is 6.87. The molecule has 0 aliphatic carbocycles. The molecular formula is C16H17NO3Se2. The van der Waals surface area contributed by atoms with Gasteiger partial charge in [-0.3, -0.25) is 0 Å². The van der Waals surface area contributed by atoms with Gasteiger partial charge in [0.25, 0.3) is 0 Å². The van der Waals surface area contributed by atoms with E-state index in [1.807, 2.05) is 25.2 Å². The first-order chi connectivity index (χ1) is 10.7. The van der Waals surface area contributed by atoms with E-state index in [2.05, 4.69) is 16.7 Å². The summed E-state index contributed by atoms with van der Waals surface area (Å²) >= 11 is 0.264. The first-order valence-corrected chi connectivity index (χ1v) is 10.3. The van der Waals surface area contributed by atoms with Crippen molar-refractivity contribution < 1.29 is 15.3 Å². The van der Waals surface area contributed by atoms with Gasteiger partial charge in [0, 0.05) is 0 Å². The summed E-state index contributed by atoms with van der Waals surface area (Å²) in [5, 5.41) is 28.3. The SMILES string of the molecule is Cn1c(-c2ccc(CO)[se]2)cc(CO)c1-c1ccc(CO)[se]1. The van der Waals surface area contributed by atoms with Gasteiger partial charge in [0.05, 0.1) is 0 Å². The van der Waals surface area contributed by atoms with E-state index in [9.17, 15) is 15.3 Å². The molecule has 0 aliphatic rings. The Balaban J connectivity index is 2.10. The standard InChI is InChI=1S/C16H17NO3Se2/c1-17-13(14-4-2-11(8-19)21-14)6-10(7-18)16(17)15-5-3-12(9-20)22-15/h2-6,18-20H,7-9H2,1H3. The average molecular weight is 429 g/mol. The van der Waals surface area contributed by atoms with Gasteiger partial charge in [-0.15, -0.1) is 0 Å². The van der Waals surface area contributed by atoms with Crippen molar-refractivity contribution >= 4 is 29.0 Å². The Bertz CT molecular complexity index is 785. The molecule has 0 aliphatic heterocycles. The molecule has 0 saturated heterocycles. The van der Waals surface area contributed by atoms with Crippen molar-refractivity contribution in [1.29, 1.82) is 0 Å². The topological polar surface area (TPSA) is 65.6 Å². The summed E-state index contributed by atoms with van der Waals surface area (Å²) in [7, 11) is 2.02. The summed E-state index contributed by atoms with van der Waals surface area (Å²) in [6.45, 7) is 0.220. The van der Waals surface area contributed by atoms with Crippen molar-refractivity contribution in [3.63, 3.8) is 0 Å². The van der Waals surface area contributed by atoms with Gasteiger partial charge in [0.1, 0.15) is 0 Å². The fourth-order valence-electron chi connectivity index (χ4n) is 2.54. The second kappa shape index (κ2) is 6.73. The molecule has 3 aromatic rings. The van der Waals surface area contributed by atoms with Gasteiger partial charge < -0.3 is 0 Å². The third-order valence-electron chi connectivity index (χ3n) is 3.60. The first kappa shape index (κ1) is 16.0. The molecule has 3 N–H and O–H groups in total. The van der Waals surface area contributed by atoms with Crippen LogP contribution in [0.2, 0.25) is 0 Å². The van der Waals surface area contributed by atoms with Gasteiger partial charge in [-0.1, -0.05) is 0 Å². The quantitative estimate of drug-likeness (QED) is 0.530. The van der Waals surface area contributed by atoms with E-state index < -0.39 is 0 Å². The Labute approximate surface area is 140 Å². The van der Waals surface area contributed by atoms with E-state index in [0.717, 1.165) is 25.8 Å². The summed E-state index contributed by atoms with van der Waals surface area (Å²) in [4.78, 5) is 0. The number of aliphatic hydroxyl groups is 3. The summed E-state index contributed by atoms with van der Waals surface area (Å²) < 4.78 is 6.68. The summed E-state index contributed by atoms with van der Waals surface area (Å²) in [6.07, 6.45) is 0. The molecule has 116 valence electrons. The molecule has 0 bridgehead atoms. The van der Waals surface area contributed by atoms with E-state index in [1.54, 1.807) is 0 Å². The predicted octanol–water partition coefficient (Wildman–Crippen LogP) is 0.950. The third-order valence-corrected chi connectivity index (χ3v) is 8.15. The third kappa shape index (κ3) is 2.84. The molecule has 0 unspecified atom stereocenters. The van der Waals surface area contributed by atoms with Crippen LogP contribution in [-0.4, -0.2) is 48.9 Å². The fourth-order valence-corrected chi connectivity index (χ4v) is 6.53. The number of hydrogen-bond acceptors (Lipinski definition) is 3. The van der Waals surface area contributed by atoms with Crippen LogP contribution in [0.5, 0.6) is 0 Å². The fraction of sp³-hybridized carbons (Fsp3) is 0.250. The van der Waals surface area contributed by atoms with Crippen LogP contribution in [0.15, 0.2) is 30.3 Å². The molecule has 0 amide bonds. The number of hydrogen-bond donors (Lipinski definition) is 3. The van der Waals surface area contributed by atoms with E-state index in [0.29, 0.717) is 0 Å². The number of rotatable bonds is 5. The number of aromatic nitrogens is 1. The van der Waals surface area contributed by atoms with Gasteiger partial charge in [-0.25, -0.2) is 0 Å². The van der Waals surface area contributed by atoms with Crippen molar-refractivity contribution in [2.24, 2.45) is 7.05 Å². The van der Waals surface area contributed by atoms with Crippen LogP contribution in [0.1, 0.15) is 14.4 Å². The molecule has 3 rings (SSSR count). The minimum atomic E-state index is 0.00557. The van der Waals surface area contributed by atoms with E-state index in [1.165, 1.54) is 8.87 Å². The zero-order valence-electron chi connectivity index (χ0n) is 12.1. The van der Waals surface area contributed by atoms with Crippen molar-refractivity contribution in [1.82, 2.24) is 4.57 Å². The molecule has 0 spiro atoms. The number of nitrogens with zero attached hydrogens (tertiary/aromatic N) is 1. The summed E-state index contributed by atoms with van der Waals surface area (Å²) in [5.41, 5.74) is 3.09. The molecule has 4 nitrogen and oxygen atoms in total. The number of aliphatic hydroxyl groups excluding tert-OH is 3. The van der Waals surface area contributed by atoms with Crippen LogP contribution in [0.25, 0.3) is 20.3 Å². The van der Waals surface area contributed by atoms with Crippen LogP contribution in [0.3, 0.4) is 0 Å². The maximum atomic E-state index is 9.71. The monoisotopic (exact) mass is 431 g/mol. The Hall–Kier alpha value is -0.841. The molecule has 22 heavy (non-hydrogen) atoms. The molecule has 6 heteroatoms. The Morgan fingerprint density at radius 3 is 2.00 bits per heavy atom.